The summed E-state index contributed by atoms with van der Waals surface area (Å²) in [6, 6.07) is 3.04. The lowest BCUT2D eigenvalue weighted by Gasteiger charge is -2.36. The Hall–Kier alpha value is -3.14. The number of halogens is 2. The molecule has 1 aliphatic rings. The molecule has 1 N–H and O–H groups in total. The first kappa shape index (κ1) is 20.1. The third-order valence-electron chi connectivity index (χ3n) is 4.92. The number of hydrogen-bond donors (Lipinski definition) is 1. The summed E-state index contributed by atoms with van der Waals surface area (Å²) >= 11 is 0. The van der Waals surface area contributed by atoms with E-state index >= 15 is 0 Å². The molecule has 3 heterocycles. The van der Waals surface area contributed by atoms with Crippen molar-refractivity contribution in [2.45, 2.75) is 32.6 Å². The molecule has 30 heavy (non-hydrogen) atoms. The minimum Gasteiger partial charge on any atom is -0.372 e. The SMILES string of the molecule is CC1CN(c2ncnc3c2cnn3CCNC(=O)c2ccc(F)c(F)c2)CC(C)O1. The molecule has 1 aliphatic heterocycles. The Balaban J connectivity index is 1.45. The minimum atomic E-state index is -1.06. The zero-order chi connectivity index (χ0) is 21.3. The number of hydrogen-bond acceptors (Lipinski definition) is 6. The molecule has 1 fully saturated rings. The molecule has 8 nitrogen and oxygen atoms in total. The molecule has 1 saturated heterocycles. The molecule has 4 rings (SSSR count). The number of nitrogens with zero attached hydrogens (tertiary/aromatic N) is 5. The summed E-state index contributed by atoms with van der Waals surface area (Å²) in [5.41, 5.74) is 0.716. The summed E-state index contributed by atoms with van der Waals surface area (Å²) in [6.07, 6.45) is 3.41. The normalized spacial score (nSPS) is 19.3. The summed E-state index contributed by atoms with van der Waals surface area (Å²) in [5, 5.41) is 7.88. The number of carbonyl (C=O) groups excluding carboxylic acids is 1. The van der Waals surface area contributed by atoms with Gasteiger partial charge >= 0.3 is 0 Å². The molecule has 10 heteroatoms. The second-order valence-electron chi connectivity index (χ2n) is 7.35. The van der Waals surface area contributed by atoms with E-state index in [1.807, 2.05) is 13.8 Å². The molecule has 1 aromatic carbocycles. The second-order valence-corrected chi connectivity index (χ2v) is 7.35. The van der Waals surface area contributed by atoms with Crippen LogP contribution in [0.15, 0.2) is 30.7 Å². The zero-order valence-corrected chi connectivity index (χ0v) is 16.7. The van der Waals surface area contributed by atoms with Crippen LogP contribution < -0.4 is 10.2 Å². The Kier molecular flexibility index (Phi) is 5.58. The van der Waals surface area contributed by atoms with E-state index in [0.29, 0.717) is 12.2 Å². The van der Waals surface area contributed by atoms with Gasteiger partial charge in [-0.05, 0) is 32.0 Å². The Bertz CT molecular complexity index is 1060. The summed E-state index contributed by atoms with van der Waals surface area (Å²) in [6.45, 7) is 6.13. The highest BCUT2D eigenvalue weighted by molar-refractivity contribution is 5.94. The molecule has 0 bridgehead atoms. The predicted molar refractivity (Wildman–Crippen MR) is 106 cm³/mol. The average molecular weight is 416 g/mol. The maximum Gasteiger partial charge on any atom is 0.251 e. The van der Waals surface area contributed by atoms with Crippen molar-refractivity contribution in [3.05, 3.63) is 47.9 Å². The average Bonchev–Trinajstić information content (AvgIpc) is 3.12. The number of aromatic nitrogens is 4. The van der Waals surface area contributed by atoms with Crippen LogP contribution in [0.5, 0.6) is 0 Å². The zero-order valence-electron chi connectivity index (χ0n) is 16.7. The van der Waals surface area contributed by atoms with E-state index in [0.717, 1.165) is 36.4 Å². The lowest BCUT2D eigenvalue weighted by Crippen LogP contribution is -2.45. The molecular weight excluding hydrogens is 394 g/mol. The highest BCUT2D eigenvalue weighted by atomic mass is 19.2. The van der Waals surface area contributed by atoms with Crippen molar-refractivity contribution >= 4 is 22.8 Å². The lowest BCUT2D eigenvalue weighted by atomic mass is 10.2. The van der Waals surface area contributed by atoms with Crippen LogP contribution in [-0.2, 0) is 11.3 Å². The molecule has 0 radical (unpaired) electrons. The number of fused-ring (bicyclic) bond motifs is 1. The Morgan fingerprint density at radius 3 is 2.70 bits per heavy atom. The van der Waals surface area contributed by atoms with Gasteiger partial charge in [0.15, 0.2) is 17.3 Å². The first-order valence-corrected chi connectivity index (χ1v) is 9.72. The fraction of sp³-hybridized carbons (Fsp3) is 0.400. The van der Waals surface area contributed by atoms with Gasteiger partial charge in [-0.3, -0.25) is 4.79 Å². The smallest absolute Gasteiger partial charge is 0.251 e. The van der Waals surface area contributed by atoms with E-state index in [1.54, 1.807) is 10.9 Å². The monoisotopic (exact) mass is 416 g/mol. The van der Waals surface area contributed by atoms with E-state index in [1.165, 1.54) is 12.4 Å². The molecule has 2 unspecified atom stereocenters. The summed E-state index contributed by atoms with van der Waals surface area (Å²) in [4.78, 5) is 23.1. The summed E-state index contributed by atoms with van der Waals surface area (Å²) in [5.74, 6) is -1.73. The molecule has 0 saturated carbocycles. The predicted octanol–water partition coefficient (Wildman–Crippen LogP) is 2.15. The number of amides is 1. The van der Waals surface area contributed by atoms with Gasteiger partial charge in [0, 0.05) is 25.2 Å². The molecule has 2 aromatic heterocycles. The number of benzene rings is 1. The fourth-order valence-corrected chi connectivity index (χ4v) is 3.66. The third-order valence-corrected chi connectivity index (χ3v) is 4.92. The topological polar surface area (TPSA) is 85.2 Å². The number of anilines is 1. The van der Waals surface area contributed by atoms with Crippen molar-refractivity contribution in [3.8, 4) is 0 Å². The Morgan fingerprint density at radius 1 is 1.20 bits per heavy atom. The second kappa shape index (κ2) is 8.31. The van der Waals surface area contributed by atoms with Gasteiger partial charge in [-0.1, -0.05) is 0 Å². The van der Waals surface area contributed by atoms with Gasteiger partial charge in [-0.15, -0.1) is 0 Å². The maximum absolute atomic E-state index is 13.3. The van der Waals surface area contributed by atoms with E-state index in [9.17, 15) is 13.6 Å². The summed E-state index contributed by atoms with van der Waals surface area (Å²) < 4.78 is 33.8. The molecule has 1 amide bonds. The molecule has 0 aliphatic carbocycles. The van der Waals surface area contributed by atoms with E-state index in [-0.39, 0.29) is 24.3 Å². The van der Waals surface area contributed by atoms with Crippen molar-refractivity contribution in [2.75, 3.05) is 24.5 Å². The van der Waals surface area contributed by atoms with E-state index in [4.69, 9.17) is 4.74 Å². The van der Waals surface area contributed by atoms with Gasteiger partial charge in [0.25, 0.3) is 5.91 Å². The van der Waals surface area contributed by atoms with Crippen molar-refractivity contribution in [1.82, 2.24) is 25.1 Å². The van der Waals surface area contributed by atoms with Gasteiger partial charge in [0.1, 0.15) is 12.1 Å². The highest BCUT2D eigenvalue weighted by Gasteiger charge is 2.25. The molecular formula is C20H22F2N6O2. The lowest BCUT2D eigenvalue weighted by molar-refractivity contribution is -0.00537. The van der Waals surface area contributed by atoms with E-state index < -0.39 is 17.5 Å². The number of rotatable bonds is 5. The van der Waals surface area contributed by atoms with Gasteiger partial charge in [0.2, 0.25) is 0 Å². The van der Waals surface area contributed by atoms with Gasteiger partial charge in [-0.2, -0.15) is 5.10 Å². The molecule has 0 spiro atoms. The van der Waals surface area contributed by atoms with Gasteiger partial charge in [0.05, 0.1) is 30.3 Å². The van der Waals surface area contributed by atoms with Crippen LogP contribution in [0.1, 0.15) is 24.2 Å². The van der Waals surface area contributed by atoms with E-state index in [2.05, 4.69) is 25.3 Å². The quantitative estimate of drug-likeness (QED) is 0.686. The van der Waals surface area contributed by atoms with Gasteiger partial charge in [-0.25, -0.2) is 23.4 Å². The Morgan fingerprint density at radius 2 is 1.97 bits per heavy atom. The van der Waals surface area contributed by atoms with Crippen LogP contribution in [0.3, 0.4) is 0 Å². The van der Waals surface area contributed by atoms with Crippen molar-refractivity contribution in [1.29, 1.82) is 0 Å². The first-order chi connectivity index (χ1) is 14.4. The highest BCUT2D eigenvalue weighted by Crippen LogP contribution is 2.25. The number of ether oxygens (including phenoxy) is 1. The minimum absolute atomic E-state index is 0.0550. The van der Waals surface area contributed by atoms with Crippen LogP contribution in [0.4, 0.5) is 14.6 Å². The molecule has 2 atom stereocenters. The first-order valence-electron chi connectivity index (χ1n) is 9.72. The maximum atomic E-state index is 13.3. The van der Waals surface area contributed by atoms with Crippen LogP contribution in [0.2, 0.25) is 0 Å². The van der Waals surface area contributed by atoms with Crippen LogP contribution in [0, 0.1) is 11.6 Å². The van der Waals surface area contributed by atoms with Gasteiger partial charge < -0.3 is 15.0 Å². The van der Waals surface area contributed by atoms with Crippen molar-refractivity contribution < 1.29 is 18.3 Å². The summed E-state index contributed by atoms with van der Waals surface area (Å²) in [7, 11) is 0. The number of carbonyl (C=O) groups is 1. The fourth-order valence-electron chi connectivity index (χ4n) is 3.66. The molecule has 158 valence electrons. The van der Waals surface area contributed by atoms with Crippen molar-refractivity contribution in [3.63, 3.8) is 0 Å². The standard InChI is InChI=1S/C20H22F2N6O2/c1-12-9-27(10-13(2)30-12)18-15-8-26-28(19(15)25-11-24-18)6-5-23-20(29)14-3-4-16(21)17(22)7-14/h3-4,7-8,11-13H,5-6,9-10H2,1-2H3,(H,23,29). The molecule has 3 aromatic rings. The number of nitrogens with one attached hydrogen (secondary N) is 1. The van der Waals surface area contributed by atoms with Crippen molar-refractivity contribution in [2.24, 2.45) is 0 Å². The van der Waals surface area contributed by atoms with Crippen LogP contribution >= 0.6 is 0 Å². The van der Waals surface area contributed by atoms with Crippen LogP contribution in [-0.4, -0.2) is 57.5 Å². The third kappa shape index (κ3) is 4.09. The largest absolute Gasteiger partial charge is 0.372 e. The Labute approximate surface area is 171 Å². The van der Waals surface area contributed by atoms with Crippen LogP contribution in [0.25, 0.3) is 11.0 Å². The number of morpholine rings is 1.